The number of rotatable bonds is 6. The third kappa shape index (κ3) is 4.98. The Balaban J connectivity index is 2.60. The van der Waals surface area contributed by atoms with Gasteiger partial charge in [0.25, 0.3) is 0 Å². The number of aliphatic carboxylic acids is 1. The number of carbonyl (C=O) groups excluding carboxylic acids is 1. The number of carbonyl (C=O) groups is 2. The maximum absolute atomic E-state index is 12.0. The van der Waals surface area contributed by atoms with Crippen molar-refractivity contribution in [3.8, 4) is 5.75 Å². The molecule has 0 radical (unpaired) electrons. The number of carboxylic acids is 1. The number of carboxylic acid groups (broad SMARTS) is 1. The Morgan fingerprint density at radius 3 is 2.62 bits per heavy atom. The third-order valence-electron chi connectivity index (χ3n) is 3.39. The Labute approximate surface area is 124 Å². The summed E-state index contributed by atoms with van der Waals surface area (Å²) in [4.78, 5) is 24.4. The molecule has 1 aromatic rings. The summed E-state index contributed by atoms with van der Waals surface area (Å²) in [5.41, 5.74) is 0.936. The Morgan fingerprint density at radius 1 is 1.38 bits per heavy atom. The molecule has 1 rings (SSSR count). The van der Waals surface area contributed by atoms with E-state index in [9.17, 15) is 9.59 Å². The summed E-state index contributed by atoms with van der Waals surface area (Å²) in [6.45, 7) is 3.66. The molecule has 6 heteroatoms. The van der Waals surface area contributed by atoms with E-state index in [0.717, 1.165) is 11.3 Å². The van der Waals surface area contributed by atoms with Gasteiger partial charge in [0.2, 0.25) is 0 Å². The fourth-order valence-electron chi connectivity index (χ4n) is 1.76. The molecule has 1 aromatic carbocycles. The quantitative estimate of drug-likeness (QED) is 0.840. The van der Waals surface area contributed by atoms with Gasteiger partial charge in [0, 0.05) is 19.6 Å². The van der Waals surface area contributed by atoms with Crippen molar-refractivity contribution in [2.45, 2.75) is 26.4 Å². The zero-order chi connectivity index (χ0) is 16.0. The van der Waals surface area contributed by atoms with Gasteiger partial charge in [-0.25, -0.2) is 4.79 Å². The molecule has 21 heavy (non-hydrogen) atoms. The standard InChI is InChI=1S/C15H22N2O4/c1-10(14(18)19)11(2)16-15(20)17(3)9-12-6-5-7-13(8-12)21-4/h5-8,10-11H,9H2,1-4H3,(H,16,20)(H,18,19). The molecule has 2 N–H and O–H groups in total. The average Bonchev–Trinajstić information content (AvgIpc) is 2.46. The zero-order valence-corrected chi connectivity index (χ0v) is 12.8. The van der Waals surface area contributed by atoms with Crippen molar-refractivity contribution in [2.24, 2.45) is 5.92 Å². The normalized spacial score (nSPS) is 13.1. The number of ether oxygens (including phenoxy) is 1. The van der Waals surface area contributed by atoms with Crippen LogP contribution in [0.15, 0.2) is 24.3 Å². The molecule has 0 aliphatic heterocycles. The molecule has 2 unspecified atom stereocenters. The minimum Gasteiger partial charge on any atom is -0.497 e. The van der Waals surface area contributed by atoms with Gasteiger partial charge in [-0.2, -0.15) is 0 Å². The van der Waals surface area contributed by atoms with Crippen molar-refractivity contribution in [2.75, 3.05) is 14.2 Å². The first-order valence-electron chi connectivity index (χ1n) is 6.72. The largest absolute Gasteiger partial charge is 0.497 e. The van der Waals surface area contributed by atoms with Crippen LogP contribution in [-0.2, 0) is 11.3 Å². The zero-order valence-electron chi connectivity index (χ0n) is 12.8. The third-order valence-corrected chi connectivity index (χ3v) is 3.39. The number of hydrogen-bond acceptors (Lipinski definition) is 3. The highest BCUT2D eigenvalue weighted by Crippen LogP contribution is 2.14. The van der Waals surface area contributed by atoms with Gasteiger partial charge in [-0.15, -0.1) is 0 Å². The molecule has 0 spiro atoms. The van der Waals surface area contributed by atoms with Gasteiger partial charge >= 0.3 is 12.0 Å². The summed E-state index contributed by atoms with van der Waals surface area (Å²) >= 11 is 0. The number of methoxy groups -OCH3 is 1. The molecule has 6 nitrogen and oxygen atoms in total. The van der Waals surface area contributed by atoms with Crippen LogP contribution in [0.4, 0.5) is 4.79 Å². The smallest absolute Gasteiger partial charge is 0.317 e. The Morgan fingerprint density at radius 2 is 2.05 bits per heavy atom. The SMILES string of the molecule is COc1cccc(CN(C)C(=O)NC(C)C(C)C(=O)O)c1. The van der Waals surface area contributed by atoms with Gasteiger partial charge < -0.3 is 20.1 Å². The van der Waals surface area contributed by atoms with Crippen LogP contribution >= 0.6 is 0 Å². The van der Waals surface area contributed by atoms with Crippen molar-refractivity contribution in [1.29, 1.82) is 0 Å². The maximum Gasteiger partial charge on any atom is 0.317 e. The number of hydrogen-bond donors (Lipinski definition) is 2. The van der Waals surface area contributed by atoms with Gasteiger partial charge in [-0.05, 0) is 31.5 Å². The lowest BCUT2D eigenvalue weighted by atomic mass is 10.0. The van der Waals surface area contributed by atoms with Crippen molar-refractivity contribution in [3.05, 3.63) is 29.8 Å². The lowest BCUT2D eigenvalue weighted by Gasteiger charge is -2.23. The summed E-state index contributed by atoms with van der Waals surface area (Å²) in [7, 11) is 3.25. The van der Waals surface area contributed by atoms with Crippen LogP contribution in [0.1, 0.15) is 19.4 Å². The second kappa shape index (κ2) is 7.52. The van der Waals surface area contributed by atoms with Crippen molar-refractivity contribution < 1.29 is 19.4 Å². The Kier molecular flexibility index (Phi) is 6.02. The average molecular weight is 294 g/mol. The van der Waals surface area contributed by atoms with Crippen LogP contribution in [0.2, 0.25) is 0 Å². The van der Waals surface area contributed by atoms with Gasteiger partial charge in [0.1, 0.15) is 5.75 Å². The lowest BCUT2D eigenvalue weighted by Crippen LogP contribution is -2.45. The molecule has 2 amide bonds. The van der Waals surface area contributed by atoms with Crippen LogP contribution in [0, 0.1) is 5.92 Å². The van der Waals surface area contributed by atoms with E-state index in [1.54, 1.807) is 28.0 Å². The van der Waals surface area contributed by atoms with E-state index in [1.807, 2.05) is 24.3 Å². The fraction of sp³-hybridized carbons (Fsp3) is 0.467. The molecule has 0 heterocycles. The summed E-state index contributed by atoms with van der Waals surface area (Å²) < 4.78 is 5.13. The predicted octanol–water partition coefficient (Wildman–Crippen LogP) is 1.95. The first-order valence-corrected chi connectivity index (χ1v) is 6.72. The molecule has 0 saturated carbocycles. The molecule has 0 aromatic heterocycles. The molecular weight excluding hydrogens is 272 g/mol. The highest BCUT2D eigenvalue weighted by atomic mass is 16.5. The minimum atomic E-state index is -0.932. The van der Waals surface area contributed by atoms with E-state index in [4.69, 9.17) is 9.84 Å². The van der Waals surface area contributed by atoms with Gasteiger partial charge in [-0.3, -0.25) is 4.79 Å². The van der Waals surface area contributed by atoms with E-state index >= 15 is 0 Å². The van der Waals surface area contributed by atoms with Crippen molar-refractivity contribution >= 4 is 12.0 Å². The second-order valence-corrected chi connectivity index (χ2v) is 5.07. The minimum absolute atomic E-state index is 0.307. The van der Waals surface area contributed by atoms with E-state index < -0.39 is 17.9 Å². The highest BCUT2D eigenvalue weighted by molar-refractivity contribution is 5.76. The van der Waals surface area contributed by atoms with E-state index in [1.165, 1.54) is 4.90 Å². The van der Waals surface area contributed by atoms with Crippen LogP contribution < -0.4 is 10.1 Å². The highest BCUT2D eigenvalue weighted by Gasteiger charge is 2.22. The molecule has 0 bridgehead atoms. The summed E-state index contributed by atoms with van der Waals surface area (Å²) in [6.07, 6.45) is 0. The van der Waals surface area contributed by atoms with Gasteiger partial charge in [0.05, 0.1) is 13.0 Å². The van der Waals surface area contributed by atoms with E-state index in [0.29, 0.717) is 6.54 Å². The number of amides is 2. The number of nitrogens with zero attached hydrogens (tertiary/aromatic N) is 1. The summed E-state index contributed by atoms with van der Waals surface area (Å²) in [5, 5.41) is 11.6. The molecule has 0 aliphatic carbocycles. The van der Waals surface area contributed by atoms with E-state index in [-0.39, 0.29) is 6.03 Å². The van der Waals surface area contributed by atoms with E-state index in [2.05, 4.69) is 5.32 Å². The lowest BCUT2D eigenvalue weighted by molar-refractivity contribution is -0.141. The summed E-state index contributed by atoms with van der Waals surface area (Å²) in [6, 6.07) is 6.69. The van der Waals surface area contributed by atoms with Crippen LogP contribution in [-0.4, -0.2) is 42.2 Å². The number of benzene rings is 1. The first kappa shape index (κ1) is 16.8. The topological polar surface area (TPSA) is 78.9 Å². The second-order valence-electron chi connectivity index (χ2n) is 5.07. The van der Waals surface area contributed by atoms with Gasteiger partial charge in [0.15, 0.2) is 0 Å². The predicted molar refractivity (Wildman–Crippen MR) is 79.3 cm³/mol. The Bertz CT molecular complexity index is 504. The molecule has 2 atom stereocenters. The molecule has 116 valence electrons. The molecule has 0 saturated heterocycles. The van der Waals surface area contributed by atoms with Crippen molar-refractivity contribution in [3.63, 3.8) is 0 Å². The Hall–Kier alpha value is -2.24. The number of nitrogens with one attached hydrogen (secondary N) is 1. The molecular formula is C15H22N2O4. The number of urea groups is 1. The van der Waals surface area contributed by atoms with Crippen LogP contribution in [0.25, 0.3) is 0 Å². The van der Waals surface area contributed by atoms with Crippen LogP contribution in [0.5, 0.6) is 5.75 Å². The monoisotopic (exact) mass is 294 g/mol. The molecule has 0 fully saturated rings. The first-order chi connectivity index (χ1) is 9.85. The maximum atomic E-state index is 12.0. The fourth-order valence-corrected chi connectivity index (χ4v) is 1.76. The van der Waals surface area contributed by atoms with Crippen molar-refractivity contribution in [1.82, 2.24) is 10.2 Å². The van der Waals surface area contributed by atoms with Gasteiger partial charge in [-0.1, -0.05) is 12.1 Å². The molecule has 0 aliphatic rings. The summed E-state index contributed by atoms with van der Waals surface area (Å²) in [5.74, 6) is -0.841. The van der Waals surface area contributed by atoms with Crippen LogP contribution in [0.3, 0.4) is 0 Å².